The summed E-state index contributed by atoms with van der Waals surface area (Å²) < 4.78 is 0. The van der Waals surface area contributed by atoms with E-state index in [4.69, 9.17) is 5.73 Å². The molecule has 4 heteroatoms. The normalized spacial score (nSPS) is 46.9. The van der Waals surface area contributed by atoms with Crippen LogP contribution in [0.5, 0.6) is 0 Å². The molecule has 2 unspecified atom stereocenters. The summed E-state index contributed by atoms with van der Waals surface area (Å²) in [7, 11) is 0. The van der Waals surface area contributed by atoms with Crippen LogP contribution in [-0.4, -0.2) is 39.8 Å². The molecule has 0 aromatic carbocycles. The summed E-state index contributed by atoms with van der Waals surface area (Å²) in [5.41, 5.74) is 5.60. The van der Waals surface area contributed by atoms with E-state index in [1.165, 1.54) is 12.8 Å². The summed E-state index contributed by atoms with van der Waals surface area (Å²) in [6, 6.07) is 1.03. The second kappa shape index (κ2) is 3.87. The Morgan fingerprint density at radius 3 is 2.25 bits per heavy atom. The molecule has 3 saturated heterocycles. The first-order valence-electron chi connectivity index (χ1n) is 6.46. The second-order valence-corrected chi connectivity index (χ2v) is 7.07. The van der Waals surface area contributed by atoms with Gasteiger partial charge in [-0.3, -0.25) is 0 Å². The van der Waals surface area contributed by atoms with Gasteiger partial charge in [-0.25, -0.2) is 0 Å². The number of nitrogens with one attached hydrogen (secondary N) is 1. The molecule has 0 spiro atoms. The van der Waals surface area contributed by atoms with Crippen LogP contribution in [0.25, 0.3) is 0 Å². The van der Waals surface area contributed by atoms with Crippen molar-refractivity contribution in [3.05, 3.63) is 0 Å². The molecule has 3 rings (SSSR count). The monoisotopic (exact) mass is 242 g/mol. The Bertz CT molecular complexity index is 266. The highest BCUT2D eigenvalue weighted by atomic mass is 32.2. The summed E-state index contributed by atoms with van der Waals surface area (Å²) in [5, 5.41) is 14.5. The molecule has 4 N–H and O–H groups in total. The number of nitrogens with two attached hydrogens (primary N) is 1. The van der Waals surface area contributed by atoms with E-state index in [0.29, 0.717) is 12.1 Å². The van der Waals surface area contributed by atoms with Crippen molar-refractivity contribution >= 4 is 11.8 Å². The Morgan fingerprint density at radius 1 is 1.12 bits per heavy atom. The van der Waals surface area contributed by atoms with Gasteiger partial charge in [-0.1, -0.05) is 0 Å². The molecular weight excluding hydrogens is 220 g/mol. The maximum atomic E-state index is 11.0. The number of piperidine rings is 1. The van der Waals surface area contributed by atoms with Gasteiger partial charge in [0.05, 0.1) is 5.60 Å². The molecular formula is C12H22N2OS. The topological polar surface area (TPSA) is 58.3 Å². The zero-order valence-corrected chi connectivity index (χ0v) is 10.6. The highest BCUT2D eigenvalue weighted by Gasteiger charge is 2.53. The Hall–Kier alpha value is 0.230. The fourth-order valence-corrected chi connectivity index (χ4v) is 4.95. The molecule has 3 nitrogen and oxygen atoms in total. The smallest absolute Gasteiger partial charge is 0.0856 e. The van der Waals surface area contributed by atoms with Gasteiger partial charge in [0.1, 0.15) is 0 Å². The molecule has 2 atom stereocenters. The Balaban J connectivity index is 1.81. The van der Waals surface area contributed by atoms with Crippen LogP contribution in [0, 0.1) is 0 Å². The van der Waals surface area contributed by atoms with E-state index in [9.17, 15) is 5.11 Å². The summed E-state index contributed by atoms with van der Waals surface area (Å²) in [5.74, 6) is 2.23. The van der Waals surface area contributed by atoms with E-state index in [1.54, 1.807) is 0 Å². The number of aliphatic hydroxyl groups is 1. The van der Waals surface area contributed by atoms with Gasteiger partial charge in [0.25, 0.3) is 0 Å². The van der Waals surface area contributed by atoms with Gasteiger partial charge >= 0.3 is 0 Å². The molecule has 0 aliphatic carbocycles. The minimum Gasteiger partial charge on any atom is -0.388 e. The lowest BCUT2D eigenvalue weighted by Crippen LogP contribution is -2.67. The molecule has 0 saturated carbocycles. The van der Waals surface area contributed by atoms with Crippen LogP contribution in [0.15, 0.2) is 0 Å². The fourth-order valence-electron chi connectivity index (χ4n) is 3.73. The van der Waals surface area contributed by atoms with E-state index in [2.05, 4.69) is 5.32 Å². The summed E-state index contributed by atoms with van der Waals surface area (Å²) in [4.78, 5) is 0. The Morgan fingerprint density at radius 2 is 1.69 bits per heavy atom. The van der Waals surface area contributed by atoms with Crippen LogP contribution >= 0.6 is 11.8 Å². The van der Waals surface area contributed by atoms with E-state index in [1.807, 2.05) is 11.8 Å². The second-order valence-electron chi connectivity index (χ2n) is 5.85. The van der Waals surface area contributed by atoms with E-state index < -0.39 is 5.60 Å². The van der Waals surface area contributed by atoms with E-state index >= 15 is 0 Å². The third kappa shape index (κ3) is 1.70. The van der Waals surface area contributed by atoms with Crippen molar-refractivity contribution in [2.24, 2.45) is 5.73 Å². The minimum absolute atomic E-state index is 0.318. The zero-order valence-electron chi connectivity index (χ0n) is 9.74. The molecule has 2 bridgehead atoms. The lowest BCUT2D eigenvalue weighted by atomic mass is 9.69. The van der Waals surface area contributed by atoms with Gasteiger partial charge in [0.2, 0.25) is 0 Å². The van der Waals surface area contributed by atoms with Crippen LogP contribution in [0.2, 0.25) is 0 Å². The molecule has 0 amide bonds. The lowest BCUT2D eigenvalue weighted by molar-refractivity contribution is -0.0753. The van der Waals surface area contributed by atoms with Crippen molar-refractivity contribution in [3.63, 3.8) is 0 Å². The fraction of sp³-hybridized carbons (Fsp3) is 1.00. The summed E-state index contributed by atoms with van der Waals surface area (Å²) in [6.07, 6.45) is 6.13. The molecule has 0 aromatic heterocycles. The van der Waals surface area contributed by atoms with Crippen molar-refractivity contribution < 1.29 is 5.11 Å². The van der Waals surface area contributed by atoms with E-state index in [0.717, 1.165) is 37.2 Å². The SMILES string of the molecule is NC1(C2(O)CC3CCC(C2)N3)CCSCC1. The Kier molecular flexibility index (Phi) is 2.74. The van der Waals surface area contributed by atoms with Crippen LogP contribution in [0.4, 0.5) is 0 Å². The first-order chi connectivity index (χ1) is 7.61. The maximum Gasteiger partial charge on any atom is 0.0856 e. The quantitative estimate of drug-likeness (QED) is 0.638. The predicted octanol–water partition coefficient (Wildman–Crippen LogP) is 0.856. The van der Waals surface area contributed by atoms with Gasteiger partial charge < -0.3 is 16.2 Å². The van der Waals surface area contributed by atoms with Crippen molar-refractivity contribution in [2.45, 2.75) is 61.7 Å². The van der Waals surface area contributed by atoms with Crippen LogP contribution in [0.1, 0.15) is 38.5 Å². The van der Waals surface area contributed by atoms with Crippen molar-refractivity contribution in [2.75, 3.05) is 11.5 Å². The van der Waals surface area contributed by atoms with Gasteiger partial charge in [-0.2, -0.15) is 11.8 Å². The summed E-state index contributed by atoms with van der Waals surface area (Å²) in [6.45, 7) is 0. The predicted molar refractivity (Wildman–Crippen MR) is 67.6 cm³/mol. The van der Waals surface area contributed by atoms with Crippen LogP contribution in [0.3, 0.4) is 0 Å². The molecule has 3 fully saturated rings. The highest BCUT2D eigenvalue weighted by molar-refractivity contribution is 7.99. The number of rotatable bonds is 1. The largest absolute Gasteiger partial charge is 0.388 e. The lowest BCUT2D eigenvalue weighted by Gasteiger charge is -2.51. The zero-order chi connectivity index (χ0) is 11.2. The standard InChI is InChI=1S/C12H22N2OS/c13-11(3-5-16-6-4-11)12(15)7-9-1-2-10(8-12)14-9/h9-10,14-15H,1-8,13H2. The van der Waals surface area contributed by atoms with Crippen molar-refractivity contribution in [1.29, 1.82) is 0 Å². The first kappa shape index (κ1) is 11.3. The van der Waals surface area contributed by atoms with Crippen molar-refractivity contribution in [1.82, 2.24) is 5.32 Å². The van der Waals surface area contributed by atoms with Gasteiger partial charge in [0.15, 0.2) is 0 Å². The molecule has 0 aromatic rings. The third-order valence-corrected chi connectivity index (χ3v) is 5.80. The van der Waals surface area contributed by atoms with Gasteiger partial charge in [-0.15, -0.1) is 0 Å². The average molecular weight is 242 g/mol. The van der Waals surface area contributed by atoms with Crippen LogP contribution < -0.4 is 11.1 Å². The molecule has 3 aliphatic rings. The number of fused-ring (bicyclic) bond motifs is 2. The molecule has 3 heterocycles. The minimum atomic E-state index is -0.606. The first-order valence-corrected chi connectivity index (χ1v) is 7.62. The highest BCUT2D eigenvalue weighted by Crippen LogP contribution is 2.44. The third-order valence-electron chi connectivity index (χ3n) is 4.81. The maximum absolute atomic E-state index is 11.0. The number of hydrogen-bond donors (Lipinski definition) is 3. The van der Waals surface area contributed by atoms with Gasteiger partial charge in [-0.05, 0) is 50.0 Å². The van der Waals surface area contributed by atoms with Crippen LogP contribution in [-0.2, 0) is 0 Å². The molecule has 0 radical (unpaired) electrons. The summed E-state index contributed by atoms with van der Waals surface area (Å²) >= 11 is 1.97. The average Bonchev–Trinajstić information content (AvgIpc) is 2.59. The molecule has 92 valence electrons. The molecule has 16 heavy (non-hydrogen) atoms. The number of thioether (sulfide) groups is 1. The molecule has 3 aliphatic heterocycles. The Labute approximate surface area is 102 Å². The van der Waals surface area contributed by atoms with E-state index in [-0.39, 0.29) is 5.54 Å². The van der Waals surface area contributed by atoms with Crippen molar-refractivity contribution in [3.8, 4) is 0 Å². The van der Waals surface area contributed by atoms with Gasteiger partial charge in [0, 0.05) is 17.6 Å². The number of hydrogen-bond acceptors (Lipinski definition) is 4.